The molecular weight excluding hydrogens is 670 g/mol. The number of nitrogens with one attached hydrogen (secondary N) is 3. The number of rotatable bonds is 10. The molecule has 0 fully saturated rings. The van der Waals surface area contributed by atoms with Crippen molar-refractivity contribution in [2.24, 2.45) is 5.92 Å². The lowest BCUT2D eigenvalue weighted by Crippen LogP contribution is -2.44. The van der Waals surface area contributed by atoms with Crippen molar-refractivity contribution >= 4 is 23.9 Å². The van der Waals surface area contributed by atoms with Gasteiger partial charge in [-0.3, -0.25) is 9.59 Å². The van der Waals surface area contributed by atoms with Crippen molar-refractivity contribution in [3.63, 3.8) is 0 Å². The molecule has 3 amide bonds. The van der Waals surface area contributed by atoms with E-state index in [4.69, 9.17) is 9.47 Å². The van der Waals surface area contributed by atoms with Gasteiger partial charge in [0.05, 0.1) is 25.1 Å². The van der Waals surface area contributed by atoms with Crippen LogP contribution in [-0.4, -0.2) is 60.8 Å². The van der Waals surface area contributed by atoms with Crippen molar-refractivity contribution in [2.45, 2.75) is 56.2 Å². The van der Waals surface area contributed by atoms with Crippen molar-refractivity contribution in [3.05, 3.63) is 144 Å². The SMILES string of the molecule is O=C(C[C@H]1CC=CCC[C@H](NC(=O)OCC2c3ccccc3-c3ccccc32)C(=O)O[C@@H](c2ccccc2)CNC1=O)N[C@H](CO)Cc1ccccc1. The number of allylic oxidation sites excluding steroid dienone is 2. The van der Waals surface area contributed by atoms with E-state index in [0.29, 0.717) is 18.4 Å². The van der Waals surface area contributed by atoms with Crippen molar-refractivity contribution in [3.8, 4) is 11.1 Å². The number of amides is 3. The number of aliphatic hydroxyl groups excluding tert-OH is 1. The molecule has 1 aliphatic carbocycles. The van der Waals surface area contributed by atoms with Gasteiger partial charge in [0, 0.05) is 12.3 Å². The zero-order chi connectivity index (χ0) is 37.0. The lowest BCUT2D eigenvalue weighted by Gasteiger charge is -2.24. The normalized spacial score (nSPS) is 19.5. The van der Waals surface area contributed by atoms with Crippen LogP contribution in [0.25, 0.3) is 11.1 Å². The molecule has 0 unspecified atom stereocenters. The highest BCUT2D eigenvalue weighted by molar-refractivity contribution is 5.86. The summed E-state index contributed by atoms with van der Waals surface area (Å²) in [6.07, 6.45) is 3.31. The topological polar surface area (TPSA) is 143 Å². The zero-order valence-corrected chi connectivity index (χ0v) is 29.5. The molecule has 6 rings (SSSR count). The van der Waals surface area contributed by atoms with E-state index in [9.17, 15) is 24.3 Å². The van der Waals surface area contributed by atoms with Gasteiger partial charge in [0.1, 0.15) is 18.8 Å². The van der Waals surface area contributed by atoms with Crippen molar-refractivity contribution in [2.75, 3.05) is 19.8 Å². The van der Waals surface area contributed by atoms with Gasteiger partial charge >= 0.3 is 12.1 Å². The number of hydrogen-bond donors (Lipinski definition) is 4. The smallest absolute Gasteiger partial charge is 0.407 e. The highest BCUT2D eigenvalue weighted by atomic mass is 16.6. The molecule has 0 saturated carbocycles. The molecule has 2 aliphatic rings. The van der Waals surface area contributed by atoms with E-state index >= 15 is 0 Å². The maximum absolute atomic E-state index is 13.7. The molecule has 10 nitrogen and oxygen atoms in total. The first kappa shape index (κ1) is 37.0. The second kappa shape index (κ2) is 18.1. The summed E-state index contributed by atoms with van der Waals surface area (Å²) in [4.78, 5) is 53.6. The molecule has 0 bridgehead atoms. The van der Waals surface area contributed by atoms with E-state index in [2.05, 4.69) is 28.1 Å². The minimum atomic E-state index is -1.01. The summed E-state index contributed by atoms with van der Waals surface area (Å²) in [6.45, 7) is -0.186. The predicted molar refractivity (Wildman–Crippen MR) is 201 cm³/mol. The minimum Gasteiger partial charge on any atom is -0.454 e. The first-order chi connectivity index (χ1) is 25.9. The maximum atomic E-state index is 13.7. The quantitative estimate of drug-likeness (QED) is 0.121. The Bertz CT molecular complexity index is 1850. The summed E-state index contributed by atoms with van der Waals surface area (Å²) in [5.74, 6) is -2.21. The zero-order valence-electron chi connectivity index (χ0n) is 29.5. The minimum absolute atomic E-state index is 0.0403. The van der Waals surface area contributed by atoms with Gasteiger partial charge < -0.3 is 30.5 Å². The molecule has 0 saturated heterocycles. The van der Waals surface area contributed by atoms with E-state index in [1.165, 1.54) is 0 Å². The summed E-state index contributed by atoms with van der Waals surface area (Å²) >= 11 is 0. The predicted octanol–water partition coefficient (Wildman–Crippen LogP) is 5.76. The van der Waals surface area contributed by atoms with Crippen LogP contribution in [0.2, 0.25) is 0 Å². The third-order valence-corrected chi connectivity index (χ3v) is 9.73. The summed E-state index contributed by atoms with van der Waals surface area (Å²) in [5, 5.41) is 18.4. The van der Waals surface area contributed by atoms with E-state index in [1.807, 2.05) is 97.1 Å². The van der Waals surface area contributed by atoms with Gasteiger partial charge in [0.25, 0.3) is 0 Å². The van der Waals surface area contributed by atoms with Gasteiger partial charge in [-0.25, -0.2) is 9.59 Å². The molecule has 1 aliphatic heterocycles. The Balaban J connectivity index is 1.12. The maximum Gasteiger partial charge on any atom is 0.407 e. The summed E-state index contributed by atoms with van der Waals surface area (Å²) in [5.41, 5.74) is 6.02. The van der Waals surface area contributed by atoms with Gasteiger partial charge in [-0.1, -0.05) is 121 Å². The van der Waals surface area contributed by atoms with Gasteiger partial charge in [-0.15, -0.1) is 0 Å². The average molecular weight is 716 g/mol. The number of ether oxygens (including phenoxy) is 2. The number of cyclic esters (lactones) is 1. The fraction of sp³-hybridized carbons (Fsp3) is 0.302. The lowest BCUT2D eigenvalue weighted by molar-refractivity contribution is -0.152. The lowest BCUT2D eigenvalue weighted by atomic mass is 9.98. The molecule has 10 heteroatoms. The molecule has 4 aromatic carbocycles. The van der Waals surface area contributed by atoms with Crippen LogP contribution in [0.5, 0.6) is 0 Å². The van der Waals surface area contributed by atoms with Crippen LogP contribution in [0.1, 0.15) is 60.0 Å². The molecule has 0 spiro atoms. The van der Waals surface area contributed by atoms with E-state index < -0.39 is 36.2 Å². The van der Waals surface area contributed by atoms with E-state index in [1.54, 1.807) is 12.1 Å². The monoisotopic (exact) mass is 715 g/mol. The van der Waals surface area contributed by atoms with Crippen LogP contribution in [0, 0.1) is 5.92 Å². The number of carbonyl (C=O) groups excluding carboxylic acids is 4. The standard InChI is InChI=1S/C43H45N3O7/c47-27-32(24-29-14-4-1-5-15-29)45-40(48)25-31-18-8-3-9-23-38(42(50)53-39(26-44-41(31)49)30-16-6-2-7-17-30)46-43(51)52-28-37-35-21-12-10-19-33(35)34-20-11-13-22-36(34)37/h1-8,10-17,19-22,31-32,37-39,47H,9,18,23-28H2,(H,44,49)(H,45,48)(H,46,51)/t31-,32+,38+,39-/m1/s1. The molecule has 0 radical (unpaired) electrons. The Hall–Kier alpha value is -5.74. The van der Waals surface area contributed by atoms with Gasteiger partial charge in [0.15, 0.2) is 0 Å². The number of benzene rings is 4. The number of carbonyl (C=O) groups is 4. The second-order valence-electron chi connectivity index (χ2n) is 13.4. The highest BCUT2D eigenvalue weighted by Gasteiger charge is 2.31. The molecule has 53 heavy (non-hydrogen) atoms. The number of hydrogen-bond acceptors (Lipinski definition) is 7. The van der Waals surface area contributed by atoms with Crippen LogP contribution in [0.15, 0.2) is 121 Å². The Labute approximate surface area is 309 Å². The molecule has 1 heterocycles. The Kier molecular flexibility index (Phi) is 12.7. The summed E-state index contributed by atoms with van der Waals surface area (Å²) in [6, 6.07) is 33.2. The van der Waals surface area contributed by atoms with Crippen molar-refractivity contribution in [1.29, 1.82) is 0 Å². The van der Waals surface area contributed by atoms with Gasteiger partial charge in [-0.05, 0) is 59.1 Å². The number of esters is 1. The first-order valence-electron chi connectivity index (χ1n) is 18.1. The Morgan fingerprint density at radius 1 is 0.849 bits per heavy atom. The third kappa shape index (κ3) is 9.78. The summed E-state index contributed by atoms with van der Waals surface area (Å²) < 4.78 is 11.7. The summed E-state index contributed by atoms with van der Waals surface area (Å²) in [7, 11) is 0. The third-order valence-electron chi connectivity index (χ3n) is 9.73. The molecule has 4 atom stereocenters. The largest absolute Gasteiger partial charge is 0.454 e. The van der Waals surface area contributed by atoms with Crippen LogP contribution in [0.3, 0.4) is 0 Å². The Morgan fingerprint density at radius 2 is 1.49 bits per heavy atom. The van der Waals surface area contributed by atoms with E-state index in [0.717, 1.165) is 27.8 Å². The van der Waals surface area contributed by atoms with Crippen LogP contribution < -0.4 is 16.0 Å². The second-order valence-corrected chi connectivity index (χ2v) is 13.4. The van der Waals surface area contributed by atoms with Crippen LogP contribution in [0.4, 0.5) is 4.79 Å². The van der Waals surface area contributed by atoms with Crippen LogP contribution in [-0.2, 0) is 30.3 Å². The molecule has 4 N–H and O–H groups in total. The Morgan fingerprint density at radius 3 is 2.17 bits per heavy atom. The fourth-order valence-corrected chi connectivity index (χ4v) is 6.98. The molecule has 4 aromatic rings. The number of fused-ring (bicyclic) bond motifs is 3. The highest BCUT2D eigenvalue weighted by Crippen LogP contribution is 2.44. The first-order valence-corrected chi connectivity index (χ1v) is 18.1. The van der Waals surface area contributed by atoms with Gasteiger partial charge in [0.2, 0.25) is 11.8 Å². The van der Waals surface area contributed by atoms with E-state index in [-0.39, 0.29) is 56.8 Å². The van der Waals surface area contributed by atoms with Crippen LogP contribution >= 0.6 is 0 Å². The molecular formula is C43H45N3O7. The van der Waals surface area contributed by atoms with Crippen molar-refractivity contribution in [1.82, 2.24) is 16.0 Å². The molecule has 274 valence electrons. The van der Waals surface area contributed by atoms with Gasteiger partial charge in [-0.2, -0.15) is 0 Å². The van der Waals surface area contributed by atoms with Crippen molar-refractivity contribution < 1.29 is 33.8 Å². The number of alkyl carbamates (subject to hydrolysis) is 1. The fourth-order valence-electron chi connectivity index (χ4n) is 6.98. The number of aliphatic hydroxyl groups is 1. The molecule has 0 aromatic heterocycles. The average Bonchev–Trinajstić information content (AvgIpc) is 3.51.